The van der Waals surface area contributed by atoms with Gasteiger partial charge in [-0.25, -0.2) is 4.79 Å². The molecule has 5 aliphatic rings. The minimum absolute atomic E-state index is 0.0200. The van der Waals surface area contributed by atoms with Crippen molar-refractivity contribution in [3.8, 4) is 0 Å². The van der Waals surface area contributed by atoms with E-state index in [1.807, 2.05) is 25.7 Å². The molecule has 0 radical (unpaired) electrons. The number of hydrogen-bond acceptors (Lipinski definition) is 5. The third-order valence-electron chi connectivity index (χ3n) is 8.66. The van der Waals surface area contributed by atoms with Gasteiger partial charge in [-0.05, 0) is 71.6 Å². The Hall–Kier alpha value is -2.12. The molecule has 5 fully saturated rings. The first-order chi connectivity index (χ1) is 16.1. The van der Waals surface area contributed by atoms with E-state index in [9.17, 15) is 19.2 Å². The summed E-state index contributed by atoms with van der Waals surface area (Å²) in [6.07, 6.45) is 9.22. The highest BCUT2D eigenvalue weighted by Gasteiger charge is 2.68. The van der Waals surface area contributed by atoms with E-state index in [-0.39, 0.29) is 41.6 Å². The van der Waals surface area contributed by atoms with Gasteiger partial charge in [0, 0.05) is 12.5 Å². The molecule has 3 saturated carbocycles. The first-order valence-corrected chi connectivity index (χ1v) is 13.3. The lowest BCUT2D eigenvalue weighted by molar-refractivity contribution is -0.152. The molecule has 0 aromatic heterocycles. The van der Waals surface area contributed by atoms with Crippen molar-refractivity contribution in [2.45, 2.75) is 115 Å². The van der Waals surface area contributed by atoms with E-state index in [2.05, 4.69) is 5.32 Å². The van der Waals surface area contributed by atoms with Gasteiger partial charge in [-0.1, -0.05) is 25.7 Å². The van der Waals surface area contributed by atoms with Crippen LogP contribution >= 0.6 is 0 Å². The van der Waals surface area contributed by atoms with Gasteiger partial charge in [-0.3, -0.25) is 19.3 Å². The number of carbonyl (C=O) groups excluding carboxylic acids is 4. The molecule has 0 aromatic rings. The second-order valence-corrected chi connectivity index (χ2v) is 12.2. The number of carbonyl (C=O) groups is 4. The highest BCUT2D eigenvalue weighted by atomic mass is 16.6. The average molecular weight is 474 g/mol. The molecule has 3 atom stereocenters. The minimum Gasteiger partial charge on any atom is -0.444 e. The number of ether oxygens (including phenoxy) is 1. The molecule has 8 nitrogen and oxygen atoms in total. The highest BCUT2D eigenvalue weighted by Crippen LogP contribution is 2.56. The summed E-state index contributed by atoms with van der Waals surface area (Å²) in [5.74, 6) is -0.156. The topological polar surface area (TPSA) is 96.0 Å². The van der Waals surface area contributed by atoms with Crippen LogP contribution in [0.25, 0.3) is 0 Å². The number of rotatable bonds is 4. The quantitative estimate of drug-likeness (QED) is 0.632. The number of nitrogens with zero attached hydrogens (tertiary/aromatic N) is 2. The van der Waals surface area contributed by atoms with Gasteiger partial charge in [0.1, 0.15) is 11.6 Å². The SMILES string of the molecule is CC(C)(C)OC(=O)N[C@H](C(=O)N1CC[C@H]2[C@H]1C1(CCC1)C(=O)N2C(=O)C1CC1)C1CCCCC1. The van der Waals surface area contributed by atoms with E-state index in [4.69, 9.17) is 4.74 Å². The Labute approximate surface area is 202 Å². The van der Waals surface area contributed by atoms with Crippen molar-refractivity contribution in [2.24, 2.45) is 17.3 Å². The van der Waals surface area contributed by atoms with Gasteiger partial charge >= 0.3 is 6.09 Å². The monoisotopic (exact) mass is 473 g/mol. The van der Waals surface area contributed by atoms with Crippen LogP contribution in [0.2, 0.25) is 0 Å². The Bertz CT molecular complexity index is 866. The van der Waals surface area contributed by atoms with Crippen molar-refractivity contribution in [1.82, 2.24) is 15.1 Å². The van der Waals surface area contributed by atoms with Crippen molar-refractivity contribution in [2.75, 3.05) is 6.54 Å². The standard InChI is InChI=1S/C26H39N3O5/c1-25(2,3)34-24(33)27-19(16-8-5-4-6-9-16)22(31)28-15-12-18-20(28)26(13-7-14-26)23(32)29(18)21(30)17-10-11-17/h16-20H,4-15H2,1-3H3,(H,27,33)/t18-,19-,20-/m0/s1. The van der Waals surface area contributed by atoms with Crippen LogP contribution in [-0.4, -0.2) is 63.9 Å². The summed E-state index contributed by atoms with van der Waals surface area (Å²) in [4.78, 5) is 56.8. The summed E-state index contributed by atoms with van der Waals surface area (Å²) in [6.45, 7) is 5.96. The van der Waals surface area contributed by atoms with Crippen molar-refractivity contribution in [3.63, 3.8) is 0 Å². The van der Waals surface area contributed by atoms with Crippen LogP contribution in [0.5, 0.6) is 0 Å². The fraction of sp³-hybridized carbons (Fsp3) is 0.846. The Morgan fingerprint density at radius 3 is 2.24 bits per heavy atom. The zero-order valence-electron chi connectivity index (χ0n) is 20.8. The van der Waals surface area contributed by atoms with Gasteiger partial charge in [-0.2, -0.15) is 0 Å². The summed E-state index contributed by atoms with van der Waals surface area (Å²) in [5, 5.41) is 2.92. The number of nitrogens with one attached hydrogen (secondary N) is 1. The molecule has 2 saturated heterocycles. The predicted molar refractivity (Wildman–Crippen MR) is 124 cm³/mol. The molecule has 8 heteroatoms. The normalized spacial score (nSPS) is 29.6. The third-order valence-corrected chi connectivity index (χ3v) is 8.66. The van der Waals surface area contributed by atoms with Gasteiger partial charge in [0.2, 0.25) is 17.7 Å². The van der Waals surface area contributed by atoms with Crippen LogP contribution in [0.3, 0.4) is 0 Å². The van der Waals surface area contributed by atoms with Gasteiger partial charge < -0.3 is 15.0 Å². The molecule has 0 unspecified atom stereocenters. The maximum Gasteiger partial charge on any atom is 0.408 e. The first kappa shape index (κ1) is 23.6. The smallest absolute Gasteiger partial charge is 0.408 e. The maximum atomic E-state index is 14.1. The minimum atomic E-state index is -0.658. The molecular weight excluding hydrogens is 434 g/mol. The lowest BCUT2D eigenvalue weighted by atomic mass is 9.64. The second-order valence-electron chi connectivity index (χ2n) is 12.2. The summed E-state index contributed by atoms with van der Waals surface area (Å²) >= 11 is 0. The van der Waals surface area contributed by atoms with Crippen LogP contribution < -0.4 is 5.32 Å². The molecule has 0 aromatic carbocycles. The van der Waals surface area contributed by atoms with Gasteiger partial charge in [0.05, 0.1) is 17.5 Å². The third kappa shape index (κ3) is 4.01. The van der Waals surface area contributed by atoms with Crippen molar-refractivity contribution in [1.29, 1.82) is 0 Å². The van der Waals surface area contributed by atoms with Crippen LogP contribution in [0.4, 0.5) is 4.79 Å². The molecule has 4 amide bonds. The number of hydrogen-bond donors (Lipinski definition) is 1. The molecule has 188 valence electrons. The van der Waals surface area contributed by atoms with Crippen LogP contribution in [0.15, 0.2) is 0 Å². The molecule has 2 aliphatic heterocycles. The fourth-order valence-electron chi connectivity index (χ4n) is 6.80. The summed E-state index contributed by atoms with van der Waals surface area (Å²) in [7, 11) is 0. The molecule has 1 spiro atoms. The number of alkyl carbamates (subject to hydrolysis) is 1. The van der Waals surface area contributed by atoms with Gasteiger partial charge in [0.25, 0.3) is 0 Å². The fourth-order valence-corrected chi connectivity index (χ4v) is 6.80. The maximum absolute atomic E-state index is 14.1. The van der Waals surface area contributed by atoms with E-state index in [1.54, 1.807) is 4.90 Å². The molecule has 0 bridgehead atoms. The van der Waals surface area contributed by atoms with Gasteiger partial charge in [-0.15, -0.1) is 0 Å². The molecule has 2 heterocycles. The Balaban J connectivity index is 1.40. The van der Waals surface area contributed by atoms with E-state index in [1.165, 1.54) is 0 Å². The number of fused-ring (bicyclic) bond motifs is 2. The first-order valence-electron chi connectivity index (χ1n) is 13.3. The van der Waals surface area contributed by atoms with Crippen molar-refractivity contribution >= 4 is 23.8 Å². The lowest BCUT2D eigenvalue weighted by Gasteiger charge is -2.45. The number of amides is 4. The van der Waals surface area contributed by atoms with Crippen LogP contribution in [0.1, 0.15) is 91.4 Å². The summed E-state index contributed by atoms with van der Waals surface area (Å²) < 4.78 is 5.50. The zero-order valence-corrected chi connectivity index (χ0v) is 20.8. The molecule has 3 aliphatic carbocycles. The Morgan fingerprint density at radius 2 is 1.68 bits per heavy atom. The molecule has 5 rings (SSSR count). The van der Waals surface area contributed by atoms with E-state index in [0.717, 1.165) is 64.2 Å². The second kappa shape index (κ2) is 8.52. The van der Waals surface area contributed by atoms with Crippen LogP contribution in [0, 0.1) is 17.3 Å². The van der Waals surface area contributed by atoms with E-state index >= 15 is 0 Å². The molecule has 34 heavy (non-hydrogen) atoms. The number of imide groups is 1. The van der Waals surface area contributed by atoms with E-state index < -0.39 is 23.2 Å². The largest absolute Gasteiger partial charge is 0.444 e. The Morgan fingerprint density at radius 1 is 1.00 bits per heavy atom. The van der Waals surface area contributed by atoms with E-state index in [0.29, 0.717) is 13.0 Å². The summed E-state index contributed by atoms with van der Waals surface area (Å²) in [5.41, 5.74) is -1.27. The predicted octanol–water partition coefficient (Wildman–Crippen LogP) is 3.38. The lowest BCUT2D eigenvalue weighted by Crippen LogP contribution is -2.59. The van der Waals surface area contributed by atoms with Gasteiger partial charge in [0.15, 0.2) is 0 Å². The number of likely N-dealkylation sites (tertiary alicyclic amines) is 2. The average Bonchev–Trinajstić information content (AvgIpc) is 3.46. The zero-order chi connectivity index (χ0) is 24.3. The van der Waals surface area contributed by atoms with Crippen molar-refractivity contribution in [3.05, 3.63) is 0 Å². The highest BCUT2D eigenvalue weighted by molar-refractivity contribution is 6.04. The molecular formula is C26H39N3O5. The molecule has 1 N–H and O–H groups in total. The van der Waals surface area contributed by atoms with Crippen LogP contribution in [-0.2, 0) is 19.1 Å². The summed E-state index contributed by atoms with van der Waals surface area (Å²) in [6, 6.07) is -1.15. The van der Waals surface area contributed by atoms with Crippen molar-refractivity contribution < 1.29 is 23.9 Å². The Kier molecular flexibility index (Phi) is 5.92.